The van der Waals surface area contributed by atoms with E-state index < -0.39 is 23.5 Å². The molecule has 0 spiro atoms. The van der Waals surface area contributed by atoms with Crippen molar-refractivity contribution in [3.05, 3.63) is 60.9 Å². The molecule has 1 amide bonds. The number of methoxy groups -OCH3 is 1. The van der Waals surface area contributed by atoms with Crippen molar-refractivity contribution in [3.63, 3.8) is 0 Å². The first kappa shape index (κ1) is 26.7. The Kier molecular flexibility index (Phi) is 7.96. The fourth-order valence-electron chi connectivity index (χ4n) is 3.77. The molecule has 2 aromatic heterocycles. The number of anilines is 6. The predicted octanol–water partition coefficient (Wildman–Crippen LogP) is 4.26. The molecule has 3 aromatic rings. The molecule has 3 N–H and O–H groups in total. The third kappa shape index (κ3) is 6.48. The highest BCUT2D eigenvalue weighted by molar-refractivity contribution is 5.99. The molecule has 0 saturated carbocycles. The van der Waals surface area contributed by atoms with Crippen molar-refractivity contribution in [2.24, 2.45) is 0 Å². The zero-order valence-corrected chi connectivity index (χ0v) is 20.8. The van der Waals surface area contributed by atoms with Crippen LogP contribution in [0.25, 0.3) is 0 Å². The van der Waals surface area contributed by atoms with Crippen molar-refractivity contribution >= 4 is 40.6 Å². The third-order valence-corrected chi connectivity index (χ3v) is 5.82. The lowest BCUT2D eigenvalue weighted by atomic mass is 10.2. The molecule has 0 aliphatic carbocycles. The summed E-state index contributed by atoms with van der Waals surface area (Å²) >= 11 is 0. The molecule has 3 heterocycles. The van der Waals surface area contributed by atoms with Crippen LogP contribution in [0.2, 0.25) is 0 Å². The van der Waals surface area contributed by atoms with E-state index in [0.29, 0.717) is 23.3 Å². The summed E-state index contributed by atoms with van der Waals surface area (Å²) in [6.07, 6.45) is -1.39. The monoisotopic (exact) mass is 528 g/mol. The van der Waals surface area contributed by atoms with Crippen LogP contribution in [0.1, 0.15) is 5.56 Å². The molecule has 200 valence electrons. The number of alkyl halides is 3. The van der Waals surface area contributed by atoms with Gasteiger partial charge in [-0.05, 0) is 31.3 Å². The highest BCUT2D eigenvalue weighted by Crippen LogP contribution is 2.36. The van der Waals surface area contributed by atoms with Gasteiger partial charge in [-0.2, -0.15) is 18.2 Å². The lowest BCUT2D eigenvalue weighted by Crippen LogP contribution is -2.44. The molecule has 10 nitrogen and oxygen atoms in total. The van der Waals surface area contributed by atoms with Crippen LogP contribution in [0, 0.1) is 0 Å². The van der Waals surface area contributed by atoms with E-state index in [1.165, 1.54) is 19.4 Å². The van der Waals surface area contributed by atoms with Gasteiger partial charge in [0, 0.05) is 49.8 Å². The van der Waals surface area contributed by atoms with Crippen LogP contribution in [-0.2, 0) is 11.0 Å². The zero-order chi connectivity index (χ0) is 27.3. The van der Waals surface area contributed by atoms with Crippen LogP contribution < -0.4 is 25.6 Å². The number of amides is 1. The Morgan fingerprint density at radius 2 is 1.82 bits per heavy atom. The van der Waals surface area contributed by atoms with Crippen molar-refractivity contribution < 1.29 is 22.7 Å². The predicted molar refractivity (Wildman–Crippen MR) is 139 cm³/mol. The summed E-state index contributed by atoms with van der Waals surface area (Å²) in [5.41, 5.74) is -0.0146. The summed E-state index contributed by atoms with van der Waals surface area (Å²) in [5, 5.41) is 8.13. The smallest absolute Gasteiger partial charge is 0.421 e. The Morgan fingerprint density at radius 3 is 2.50 bits per heavy atom. The zero-order valence-electron chi connectivity index (χ0n) is 20.8. The van der Waals surface area contributed by atoms with Crippen molar-refractivity contribution in [2.45, 2.75) is 6.18 Å². The maximum absolute atomic E-state index is 13.7. The molecule has 1 aliphatic heterocycles. The molecule has 1 fully saturated rings. The molecule has 4 rings (SSSR count). The molecule has 0 atom stereocenters. The first-order chi connectivity index (χ1) is 18.2. The van der Waals surface area contributed by atoms with Gasteiger partial charge in [-0.3, -0.25) is 4.79 Å². The summed E-state index contributed by atoms with van der Waals surface area (Å²) in [6.45, 7) is 6.82. The molecule has 38 heavy (non-hydrogen) atoms. The number of carbonyl (C=O) groups excluding carboxylic acids is 1. The number of pyridine rings is 1. The van der Waals surface area contributed by atoms with E-state index in [1.807, 2.05) is 0 Å². The lowest BCUT2D eigenvalue weighted by Gasteiger charge is -2.33. The van der Waals surface area contributed by atoms with Gasteiger partial charge in [-0.25, -0.2) is 9.97 Å². The highest BCUT2D eigenvalue weighted by Gasteiger charge is 2.35. The summed E-state index contributed by atoms with van der Waals surface area (Å²) in [7, 11) is 3.55. The first-order valence-electron chi connectivity index (χ1n) is 11.7. The number of nitrogens with one attached hydrogen (secondary N) is 3. The van der Waals surface area contributed by atoms with Crippen LogP contribution in [0.15, 0.2) is 55.4 Å². The van der Waals surface area contributed by atoms with Gasteiger partial charge in [0.25, 0.3) is 0 Å². The van der Waals surface area contributed by atoms with E-state index in [9.17, 15) is 18.0 Å². The van der Waals surface area contributed by atoms with Gasteiger partial charge in [-0.1, -0.05) is 12.6 Å². The number of benzene rings is 1. The summed E-state index contributed by atoms with van der Waals surface area (Å²) < 4.78 is 46.7. The lowest BCUT2D eigenvalue weighted by molar-refractivity contribution is -0.137. The standard InChI is InChI=1S/C25H27F3N8O2/c1-4-22(37)31-16-6-5-7-17(12-16)32-23-18(25(26,27)28)14-30-24(34-23)33-19-15-29-21(13-20(19)38-3)36-10-8-35(2)9-11-36/h4-7,12-15H,1,8-11H2,2-3H3,(H,31,37)(H2,30,32,33,34). The third-order valence-electron chi connectivity index (χ3n) is 5.82. The summed E-state index contributed by atoms with van der Waals surface area (Å²) in [5.74, 6) is 0.164. The SMILES string of the molecule is C=CC(=O)Nc1cccc(Nc2nc(Nc3cnc(N4CCN(C)CC4)cc3OC)ncc2C(F)(F)F)c1. The average molecular weight is 529 g/mol. The Bertz CT molecular complexity index is 1310. The summed E-state index contributed by atoms with van der Waals surface area (Å²) in [6, 6.07) is 7.95. The van der Waals surface area contributed by atoms with Crippen LogP contribution in [-0.4, -0.2) is 66.1 Å². The second-order valence-electron chi connectivity index (χ2n) is 8.51. The van der Waals surface area contributed by atoms with Gasteiger partial charge < -0.3 is 30.5 Å². The van der Waals surface area contributed by atoms with E-state index in [0.717, 1.165) is 38.1 Å². The minimum Gasteiger partial charge on any atom is -0.494 e. The Balaban J connectivity index is 1.59. The number of ether oxygens (including phenoxy) is 1. The number of likely N-dealkylation sites (N-methyl/N-ethyl adjacent to an activating group) is 1. The quantitative estimate of drug-likeness (QED) is 0.370. The average Bonchev–Trinajstić information content (AvgIpc) is 2.89. The fraction of sp³-hybridized carbons (Fsp3) is 0.280. The van der Waals surface area contributed by atoms with E-state index in [-0.39, 0.29) is 11.6 Å². The molecule has 1 aromatic carbocycles. The van der Waals surface area contributed by atoms with Crippen molar-refractivity contribution in [2.75, 3.05) is 61.2 Å². The number of nitrogens with zero attached hydrogens (tertiary/aromatic N) is 5. The molecule has 1 aliphatic rings. The Hall–Kier alpha value is -4.39. The van der Waals surface area contributed by atoms with Gasteiger partial charge in [0.1, 0.15) is 28.6 Å². The summed E-state index contributed by atoms with van der Waals surface area (Å²) in [4.78, 5) is 28.4. The maximum atomic E-state index is 13.7. The molecule has 1 saturated heterocycles. The number of carbonyl (C=O) groups is 1. The Labute approximate surface area is 217 Å². The van der Waals surface area contributed by atoms with E-state index in [1.54, 1.807) is 24.3 Å². The number of hydrogen-bond acceptors (Lipinski definition) is 9. The fourth-order valence-corrected chi connectivity index (χ4v) is 3.77. The van der Waals surface area contributed by atoms with Crippen LogP contribution in [0.4, 0.5) is 47.8 Å². The minimum absolute atomic E-state index is 0.0935. The van der Waals surface area contributed by atoms with Crippen LogP contribution in [0.5, 0.6) is 5.75 Å². The molecular formula is C25H27F3N8O2. The molecule has 0 bridgehead atoms. The van der Waals surface area contributed by atoms with E-state index in [2.05, 4.69) is 54.3 Å². The number of rotatable bonds is 8. The van der Waals surface area contributed by atoms with Gasteiger partial charge >= 0.3 is 6.18 Å². The van der Waals surface area contributed by atoms with Crippen molar-refractivity contribution in [3.8, 4) is 5.75 Å². The number of hydrogen-bond donors (Lipinski definition) is 3. The molecule has 0 unspecified atom stereocenters. The van der Waals surface area contributed by atoms with Gasteiger partial charge in [0.15, 0.2) is 0 Å². The maximum Gasteiger partial charge on any atom is 0.421 e. The number of piperazine rings is 1. The second kappa shape index (κ2) is 11.3. The van der Waals surface area contributed by atoms with Crippen molar-refractivity contribution in [1.82, 2.24) is 19.9 Å². The van der Waals surface area contributed by atoms with Gasteiger partial charge in [-0.15, -0.1) is 0 Å². The second-order valence-corrected chi connectivity index (χ2v) is 8.51. The Morgan fingerprint density at radius 1 is 1.08 bits per heavy atom. The van der Waals surface area contributed by atoms with E-state index >= 15 is 0 Å². The van der Waals surface area contributed by atoms with Gasteiger partial charge in [0.2, 0.25) is 11.9 Å². The first-order valence-corrected chi connectivity index (χ1v) is 11.7. The van der Waals surface area contributed by atoms with Crippen LogP contribution in [0.3, 0.4) is 0 Å². The number of aromatic nitrogens is 3. The van der Waals surface area contributed by atoms with Crippen LogP contribution >= 0.6 is 0 Å². The molecular weight excluding hydrogens is 501 g/mol. The van der Waals surface area contributed by atoms with E-state index in [4.69, 9.17) is 4.74 Å². The van der Waals surface area contributed by atoms with Crippen molar-refractivity contribution in [1.29, 1.82) is 0 Å². The molecule has 13 heteroatoms. The number of halogens is 3. The molecule has 0 radical (unpaired) electrons. The minimum atomic E-state index is -4.71. The highest BCUT2D eigenvalue weighted by atomic mass is 19.4. The normalized spacial score (nSPS) is 14.1. The van der Waals surface area contributed by atoms with Gasteiger partial charge in [0.05, 0.1) is 13.3 Å². The largest absolute Gasteiger partial charge is 0.494 e. The topological polar surface area (TPSA) is 108 Å².